The van der Waals surface area contributed by atoms with Crippen LogP contribution in [-0.2, 0) is 4.74 Å². The van der Waals surface area contributed by atoms with Gasteiger partial charge < -0.3 is 15.4 Å². The highest BCUT2D eigenvalue weighted by Crippen LogP contribution is 2.17. The molecule has 17 heavy (non-hydrogen) atoms. The van der Waals surface area contributed by atoms with Crippen LogP contribution in [0.15, 0.2) is 0 Å². The Bertz CT molecular complexity index is 248. The molecule has 1 aliphatic heterocycles. The number of nitrogens with one attached hydrogen (secondary N) is 2. The summed E-state index contributed by atoms with van der Waals surface area (Å²) in [6.07, 6.45) is 3.20. The third kappa shape index (κ3) is 5.91. The van der Waals surface area contributed by atoms with E-state index in [9.17, 15) is 4.79 Å². The van der Waals surface area contributed by atoms with E-state index >= 15 is 0 Å². The van der Waals surface area contributed by atoms with Gasteiger partial charge in [-0.3, -0.25) is 0 Å². The maximum Gasteiger partial charge on any atom is 0.407 e. The predicted molar refractivity (Wildman–Crippen MR) is 69.0 cm³/mol. The van der Waals surface area contributed by atoms with E-state index in [-0.39, 0.29) is 6.09 Å². The van der Waals surface area contributed by atoms with Crippen LogP contribution in [0.25, 0.3) is 0 Å². The molecule has 1 amide bonds. The Balaban J connectivity index is 2.16. The van der Waals surface area contributed by atoms with Crippen LogP contribution in [0.1, 0.15) is 47.0 Å². The fourth-order valence-corrected chi connectivity index (χ4v) is 2.14. The van der Waals surface area contributed by atoms with Crippen LogP contribution in [0.2, 0.25) is 0 Å². The summed E-state index contributed by atoms with van der Waals surface area (Å²) in [5.41, 5.74) is -0.416. The molecule has 0 spiro atoms. The van der Waals surface area contributed by atoms with Gasteiger partial charge >= 0.3 is 6.09 Å². The minimum Gasteiger partial charge on any atom is -0.444 e. The Kier molecular flexibility index (Phi) is 5.25. The van der Waals surface area contributed by atoms with Crippen molar-refractivity contribution in [1.82, 2.24) is 10.6 Å². The second-order valence-electron chi connectivity index (χ2n) is 5.90. The van der Waals surface area contributed by atoms with Crippen LogP contribution < -0.4 is 10.6 Å². The number of amides is 1. The third-order valence-corrected chi connectivity index (χ3v) is 3.05. The molecule has 0 aliphatic carbocycles. The summed E-state index contributed by atoms with van der Waals surface area (Å²) in [5, 5.41) is 6.30. The van der Waals surface area contributed by atoms with Crippen molar-refractivity contribution >= 4 is 6.09 Å². The third-order valence-electron chi connectivity index (χ3n) is 3.05. The van der Waals surface area contributed by atoms with Crippen LogP contribution in [0.3, 0.4) is 0 Å². The van der Waals surface area contributed by atoms with E-state index in [1.807, 2.05) is 20.8 Å². The quantitative estimate of drug-likeness (QED) is 0.798. The number of piperidine rings is 1. The van der Waals surface area contributed by atoms with Crippen LogP contribution in [0, 0.1) is 5.92 Å². The van der Waals surface area contributed by atoms with Crippen molar-refractivity contribution in [2.75, 3.05) is 13.1 Å². The lowest BCUT2D eigenvalue weighted by Crippen LogP contribution is -2.43. The van der Waals surface area contributed by atoms with Crippen molar-refractivity contribution in [1.29, 1.82) is 0 Å². The Hall–Kier alpha value is -0.770. The number of ether oxygens (including phenoxy) is 1. The Morgan fingerprint density at radius 1 is 1.47 bits per heavy atom. The topological polar surface area (TPSA) is 50.4 Å². The predicted octanol–water partition coefficient (Wildman–Crippen LogP) is 2.29. The first-order valence-corrected chi connectivity index (χ1v) is 6.59. The molecule has 0 aromatic heterocycles. The van der Waals surface area contributed by atoms with E-state index in [1.54, 1.807) is 0 Å². The van der Waals surface area contributed by atoms with Crippen LogP contribution >= 0.6 is 0 Å². The van der Waals surface area contributed by atoms with Gasteiger partial charge in [-0.05, 0) is 52.5 Å². The first-order chi connectivity index (χ1) is 7.88. The Morgan fingerprint density at radius 2 is 2.18 bits per heavy atom. The van der Waals surface area contributed by atoms with E-state index < -0.39 is 5.60 Å². The molecule has 0 aromatic carbocycles. The van der Waals surface area contributed by atoms with Crippen molar-refractivity contribution in [3.05, 3.63) is 0 Å². The molecule has 0 bridgehead atoms. The lowest BCUT2D eigenvalue weighted by atomic mass is 9.91. The monoisotopic (exact) mass is 242 g/mol. The average molecular weight is 242 g/mol. The molecule has 0 saturated carbocycles. The van der Waals surface area contributed by atoms with Gasteiger partial charge in [-0.25, -0.2) is 4.79 Å². The molecular formula is C13H26N2O2. The molecule has 2 N–H and O–H groups in total. The van der Waals surface area contributed by atoms with Gasteiger partial charge in [0.25, 0.3) is 0 Å². The molecule has 1 rings (SSSR count). The van der Waals surface area contributed by atoms with Crippen LogP contribution in [-0.4, -0.2) is 30.8 Å². The number of carbonyl (C=O) groups is 1. The summed E-state index contributed by atoms with van der Waals surface area (Å²) in [6, 6.07) is 0.527. The fourth-order valence-electron chi connectivity index (χ4n) is 2.14. The Labute approximate surface area is 104 Å². The molecule has 1 heterocycles. The molecule has 4 heteroatoms. The standard InChI is InChI=1S/C13H26N2O2/c1-10-6-5-8-14-11(10)7-9-15-12(16)17-13(2,3)4/h10-11,14H,5-9H2,1-4H3,(H,15,16)/t10-,11-/m1/s1. The van der Waals surface area contributed by atoms with Gasteiger partial charge in [0.15, 0.2) is 0 Å². The molecule has 2 atom stereocenters. The molecule has 0 unspecified atom stereocenters. The minimum absolute atomic E-state index is 0.319. The van der Waals surface area contributed by atoms with Gasteiger partial charge in [0.2, 0.25) is 0 Å². The van der Waals surface area contributed by atoms with Crippen molar-refractivity contribution in [3.8, 4) is 0 Å². The van der Waals surface area contributed by atoms with E-state index in [2.05, 4.69) is 17.6 Å². The SMILES string of the molecule is C[C@@H]1CCCN[C@@H]1CCNC(=O)OC(C)(C)C. The van der Waals surface area contributed by atoms with Gasteiger partial charge in [-0.15, -0.1) is 0 Å². The lowest BCUT2D eigenvalue weighted by molar-refractivity contribution is 0.0524. The van der Waals surface area contributed by atoms with Crippen molar-refractivity contribution in [3.63, 3.8) is 0 Å². The van der Waals surface area contributed by atoms with Gasteiger partial charge in [-0.1, -0.05) is 6.92 Å². The second kappa shape index (κ2) is 6.24. The molecule has 100 valence electrons. The molecule has 4 nitrogen and oxygen atoms in total. The van der Waals surface area contributed by atoms with E-state index in [4.69, 9.17) is 4.74 Å². The average Bonchev–Trinajstić information content (AvgIpc) is 2.18. The van der Waals surface area contributed by atoms with Gasteiger partial charge in [0.1, 0.15) is 5.60 Å². The number of hydrogen-bond donors (Lipinski definition) is 2. The number of hydrogen-bond acceptors (Lipinski definition) is 3. The van der Waals surface area contributed by atoms with Crippen LogP contribution in [0.5, 0.6) is 0 Å². The van der Waals surface area contributed by atoms with Gasteiger partial charge in [-0.2, -0.15) is 0 Å². The van der Waals surface area contributed by atoms with Gasteiger partial charge in [0.05, 0.1) is 0 Å². The Morgan fingerprint density at radius 3 is 2.76 bits per heavy atom. The van der Waals surface area contributed by atoms with E-state index in [1.165, 1.54) is 12.8 Å². The first-order valence-electron chi connectivity index (χ1n) is 6.59. The van der Waals surface area contributed by atoms with Crippen molar-refractivity contribution < 1.29 is 9.53 Å². The highest BCUT2D eigenvalue weighted by molar-refractivity contribution is 5.67. The minimum atomic E-state index is -0.416. The highest BCUT2D eigenvalue weighted by atomic mass is 16.6. The molecule has 1 saturated heterocycles. The second-order valence-corrected chi connectivity index (χ2v) is 5.90. The van der Waals surface area contributed by atoms with E-state index in [0.29, 0.717) is 18.5 Å². The summed E-state index contributed by atoms with van der Waals surface area (Å²) in [6.45, 7) is 9.66. The van der Waals surface area contributed by atoms with E-state index in [0.717, 1.165) is 13.0 Å². The summed E-state index contributed by atoms with van der Waals surface area (Å²) in [4.78, 5) is 11.4. The maximum absolute atomic E-state index is 11.4. The maximum atomic E-state index is 11.4. The zero-order valence-corrected chi connectivity index (χ0v) is 11.5. The lowest BCUT2D eigenvalue weighted by Gasteiger charge is -2.30. The number of carbonyl (C=O) groups excluding carboxylic acids is 1. The molecule has 0 radical (unpaired) electrons. The summed E-state index contributed by atoms with van der Waals surface area (Å²) >= 11 is 0. The first kappa shape index (κ1) is 14.3. The molecule has 1 fully saturated rings. The zero-order chi connectivity index (χ0) is 12.9. The zero-order valence-electron chi connectivity index (χ0n) is 11.5. The van der Waals surface area contributed by atoms with Crippen molar-refractivity contribution in [2.45, 2.75) is 58.6 Å². The highest BCUT2D eigenvalue weighted by Gasteiger charge is 2.21. The normalized spacial score (nSPS) is 25.4. The van der Waals surface area contributed by atoms with Crippen LogP contribution in [0.4, 0.5) is 4.79 Å². The molecule has 1 aliphatic rings. The number of rotatable bonds is 3. The van der Waals surface area contributed by atoms with Crippen molar-refractivity contribution in [2.24, 2.45) is 5.92 Å². The summed E-state index contributed by atoms with van der Waals surface area (Å²) in [5.74, 6) is 0.698. The largest absolute Gasteiger partial charge is 0.444 e. The summed E-state index contributed by atoms with van der Waals surface area (Å²) in [7, 11) is 0. The fraction of sp³-hybridized carbons (Fsp3) is 0.923. The summed E-state index contributed by atoms with van der Waals surface area (Å²) < 4.78 is 5.18. The van der Waals surface area contributed by atoms with Gasteiger partial charge in [0, 0.05) is 12.6 Å². The smallest absolute Gasteiger partial charge is 0.407 e. The number of alkyl carbamates (subject to hydrolysis) is 1. The molecular weight excluding hydrogens is 216 g/mol. The molecule has 0 aromatic rings.